The van der Waals surface area contributed by atoms with Gasteiger partial charge < -0.3 is 0 Å². The van der Waals surface area contributed by atoms with Crippen molar-refractivity contribution >= 4 is 6.08 Å². The summed E-state index contributed by atoms with van der Waals surface area (Å²) in [5.41, 5.74) is 4.15. The van der Waals surface area contributed by atoms with E-state index in [1.807, 2.05) is 12.2 Å². The summed E-state index contributed by atoms with van der Waals surface area (Å²) in [4.78, 5) is 2.44. The molecule has 0 bridgehead atoms. The molecule has 1 aromatic carbocycles. The van der Waals surface area contributed by atoms with Crippen LogP contribution in [-0.4, -0.2) is 18.0 Å². The van der Waals surface area contributed by atoms with Gasteiger partial charge in [-0.05, 0) is 62.3 Å². The number of allylic oxidation sites excluding steroid dienone is 1. The van der Waals surface area contributed by atoms with E-state index in [-0.39, 0.29) is 0 Å². The molecule has 0 aliphatic carbocycles. The third kappa shape index (κ3) is 7.61. The van der Waals surface area contributed by atoms with Crippen molar-refractivity contribution in [3.05, 3.63) is 54.1 Å². The Morgan fingerprint density at radius 2 is 1.84 bits per heavy atom. The normalized spacial score (nSPS) is 12.6. The van der Waals surface area contributed by atoms with Crippen LogP contribution in [0.4, 0.5) is 0 Å². The molecule has 140 valence electrons. The lowest BCUT2D eigenvalue weighted by Gasteiger charge is -2.25. The van der Waals surface area contributed by atoms with Crippen LogP contribution >= 0.6 is 0 Å². The van der Waals surface area contributed by atoms with Gasteiger partial charge in [0.1, 0.15) is 0 Å². The molecule has 0 radical (unpaired) electrons. The van der Waals surface area contributed by atoms with Crippen LogP contribution in [-0.2, 0) is 13.0 Å². The highest BCUT2D eigenvalue weighted by atomic mass is 15.1. The minimum atomic E-state index is 0.564. The maximum atomic E-state index is 4.00. The second-order valence-corrected chi connectivity index (χ2v) is 7.44. The van der Waals surface area contributed by atoms with Crippen LogP contribution < -0.4 is 0 Å². The van der Waals surface area contributed by atoms with Gasteiger partial charge in [0.2, 0.25) is 0 Å². The minimum absolute atomic E-state index is 0.564. The lowest BCUT2D eigenvalue weighted by Crippen LogP contribution is -2.28. The number of aryl methyl sites for hydroxylation is 1. The SMILES string of the molecule is C=CCCC(C)N(C)Cc1cc(CCCC(CC)CC)ccc1C=C. The average molecular weight is 342 g/mol. The summed E-state index contributed by atoms with van der Waals surface area (Å²) in [5, 5.41) is 0. The quantitative estimate of drug-likeness (QED) is 0.354. The third-order valence-electron chi connectivity index (χ3n) is 5.62. The number of hydrogen-bond donors (Lipinski definition) is 0. The van der Waals surface area contributed by atoms with Gasteiger partial charge in [0, 0.05) is 12.6 Å². The van der Waals surface area contributed by atoms with Crippen molar-refractivity contribution in [1.29, 1.82) is 0 Å². The van der Waals surface area contributed by atoms with Crippen LogP contribution in [0.2, 0.25) is 0 Å². The van der Waals surface area contributed by atoms with Crippen LogP contribution in [0.3, 0.4) is 0 Å². The number of benzene rings is 1. The summed E-state index contributed by atoms with van der Waals surface area (Å²) in [6.45, 7) is 15.8. The highest BCUT2D eigenvalue weighted by Crippen LogP contribution is 2.21. The van der Waals surface area contributed by atoms with E-state index in [0.717, 1.165) is 18.9 Å². The van der Waals surface area contributed by atoms with Gasteiger partial charge in [0.15, 0.2) is 0 Å². The Balaban J connectivity index is 2.71. The maximum Gasteiger partial charge on any atom is 0.0239 e. The molecule has 0 aromatic heterocycles. The fourth-order valence-electron chi connectivity index (χ4n) is 3.45. The van der Waals surface area contributed by atoms with E-state index in [4.69, 9.17) is 0 Å². The standard InChI is InChI=1S/C24H39N/c1-7-11-13-20(5)25(6)19-24-18-22(16-17-23(24)10-4)15-12-14-21(8-2)9-3/h7,10,16-18,20-21H,1,4,8-9,11-15,19H2,2-3,5-6H3. The Morgan fingerprint density at radius 3 is 2.44 bits per heavy atom. The fraction of sp³-hybridized carbons (Fsp3) is 0.583. The smallest absolute Gasteiger partial charge is 0.0239 e. The van der Waals surface area contributed by atoms with Crippen molar-refractivity contribution < 1.29 is 0 Å². The van der Waals surface area contributed by atoms with Gasteiger partial charge in [-0.2, -0.15) is 0 Å². The van der Waals surface area contributed by atoms with Crippen LogP contribution in [0.5, 0.6) is 0 Å². The van der Waals surface area contributed by atoms with Crippen LogP contribution in [0, 0.1) is 5.92 Å². The molecule has 1 rings (SSSR count). The monoisotopic (exact) mass is 341 g/mol. The first kappa shape index (κ1) is 21.7. The van der Waals surface area contributed by atoms with Crippen LogP contribution in [0.25, 0.3) is 6.08 Å². The number of nitrogens with zero attached hydrogens (tertiary/aromatic N) is 1. The van der Waals surface area contributed by atoms with Gasteiger partial charge in [-0.3, -0.25) is 4.90 Å². The lowest BCUT2D eigenvalue weighted by atomic mass is 9.94. The molecule has 0 saturated heterocycles. The van der Waals surface area contributed by atoms with Gasteiger partial charge in [-0.25, -0.2) is 0 Å². The Kier molecular flexibility index (Phi) is 10.5. The molecule has 0 heterocycles. The van der Waals surface area contributed by atoms with Gasteiger partial charge in [-0.15, -0.1) is 6.58 Å². The molecule has 1 aromatic rings. The molecule has 0 N–H and O–H groups in total. The number of rotatable bonds is 13. The van der Waals surface area contributed by atoms with Crippen LogP contribution in [0.1, 0.15) is 76.0 Å². The van der Waals surface area contributed by atoms with Crippen molar-refractivity contribution in [2.45, 2.75) is 78.3 Å². The molecule has 0 spiro atoms. The zero-order valence-electron chi connectivity index (χ0n) is 17.1. The zero-order chi connectivity index (χ0) is 18.7. The molecule has 0 saturated carbocycles. The Morgan fingerprint density at radius 1 is 1.12 bits per heavy atom. The predicted molar refractivity (Wildman–Crippen MR) is 114 cm³/mol. The largest absolute Gasteiger partial charge is 0.299 e. The van der Waals surface area contributed by atoms with Crippen molar-refractivity contribution in [3.63, 3.8) is 0 Å². The van der Waals surface area contributed by atoms with Crippen LogP contribution in [0.15, 0.2) is 37.4 Å². The van der Waals surface area contributed by atoms with E-state index >= 15 is 0 Å². The molecule has 0 fully saturated rings. The minimum Gasteiger partial charge on any atom is -0.299 e. The molecule has 0 aliphatic heterocycles. The van der Waals surface area contributed by atoms with Crippen molar-refractivity contribution in [1.82, 2.24) is 4.90 Å². The summed E-state index contributed by atoms with van der Waals surface area (Å²) >= 11 is 0. The molecular formula is C24H39N. The summed E-state index contributed by atoms with van der Waals surface area (Å²) in [7, 11) is 2.22. The lowest BCUT2D eigenvalue weighted by molar-refractivity contribution is 0.239. The second-order valence-electron chi connectivity index (χ2n) is 7.44. The highest BCUT2D eigenvalue weighted by molar-refractivity contribution is 5.53. The van der Waals surface area contributed by atoms with E-state index in [9.17, 15) is 0 Å². The predicted octanol–water partition coefficient (Wildman–Crippen LogP) is 6.88. The van der Waals surface area contributed by atoms with Gasteiger partial charge in [0.25, 0.3) is 0 Å². The Hall–Kier alpha value is -1.34. The van der Waals surface area contributed by atoms with Gasteiger partial charge >= 0.3 is 0 Å². The summed E-state index contributed by atoms with van der Waals surface area (Å²) in [6.07, 6.45) is 12.7. The molecular weight excluding hydrogens is 302 g/mol. The third-order valence-corrected chi connectivity index (χ3v) is 5.62. The molecule has 25 heavy (non-hydrogen) atoms. The summed E-state index contributed by atoms with van der Waals surface area (Å²) in [6, 6.07) is 7.50. The fourth-order valence-corrected chi connectivity index (χ4v) is 3.45. The van der Waals surface area contributed by atoms with E-state index in [1.54, 1.807) is 0 Å². The van der Waals surface area contributed by atoms with Crippen molar-refractivity contribution in [2.24, 2.45) is 5.92 Å². The first-order valence-corrected chi connectivity index (χ1v) is 10.1. The van der Waals surface area contributed by atoms with E-state index in [2.05, 4.69) is 64.1 Å². The molecule has 1 atom stereocenters. The first-order chi connectivity index (χ1) is 12.0. The topological polar surface area (TPSA) is 3.24 Å². The average Bonchev–Trinajstić information content (AvgIpc) is 2.63. The molecule has 0 aliphatic rings. The summed E-state index contributed by atoms with van der Waals surface area (Å²) in [5.74, 6) is 0.892. The molecule has 1 heteroatoms. The highest BCUT2D eigenvalue weighted by Gasteiger charge is 2.11. The number of hydrogen-bond acceptors (Lipinski definition) is 1. The summed E-state index contributed by atoms with van der Waals surface area (Å²) < 4.78 is 0. The second kappa shape index (κ2) is 12.1. The Labute approximate surface area is 156 Å². The molecule has 1 nitrogen and oxygen atoms in total. The van der Waals surface area contributed by atoms with E-state index in [1.165, 1.54) is 55.2 Å². The van der Waals surface area contributed by atoms with E-state index < -0.39 is 0 Å². The van der Waals surface area contributed by atoms with Gasteiger partial charge in [0.05, 0.1) is 0 Å². The maximum absolute atomic E-state index is 4.00. The van der Waals surface area contributed by atoms with Gasteiger partial charge in [-0.1, -0.05) is 70.0 Å². The molecule has 1 unspecified atom stereocenters. The van der Waals surface area contributed by atoms with Crippen molar-refractivity contribution in [2.75, 3.05) is 7.05 Å². The zero-order valence-corrected chi connectivity index (χ0v) is 17.1. The van der Waals surface area contributed by atoms with E-state index in [0.29, 0.717) is 6.04 Å². The first-order valence-electron chi connectivity index (χ1n) is 10.1. The molecule has 0 amide bonds. The Bertz CT molecular complexity index is 513. The van der Waals surface area contributed by atoms with Crippen molar-refractivity contribution in [3.8, 4) is 0 Å².